The van der Waals surface area contributed by atoms with Crippen molar-refractivity contribution < 1.29 is 0 Å². The van der Waals surface area contributed by atoms with Gasteiger partial charge in [0.1, 0.15) is 0 Å². The molecule has 0 spiro atoms. The van der Waals surface area contributed by atoms with E-state index in [1.165, 1.54) is 25.7 Å². The number of nitrogens with one attached hydrogen (secondary N) is 1. The van der Waals surface area contributed by atoms with E-state index in [1.54, 1.807) is 6.20 Å². The SMILES string of the molecule is Cc1nc(NC2CCCC2)ncc1N. The van der Waals surface area contributed by atoms with Crippen molar-refractivity contribution in [1.82, 2.24) is 9.97 Å². The Hall–Kier alpha value is -1.32. The van der Waals surface area contributed by atoms with Gasteiger partial charge in [0, 0.05) is 6.04 Å². The Morgan fingerprint density at radius 2 is 2.14 bits per heavy atom. The molecule has 1 aliphatic carbocycles. The predicted octanol–water partition coefficient (Wildman–Crippen LogP) is 1.72. The summed E-state index contributed by atoms with van der Waals surface area (Å²) < 4.78 is 0. The summed E-state index contributed by atoms with van der Waals surface area (Å²) in [5.74, 6) is 0.712. The predicted molar refractivity (Wildman–Crippen MR) is 57.1 cm³/mol. The lowest BCUT2D eigenvalue weighted by molar-refractivity contribution is 0.743. The van der Waals surface area contributed by atoms with Crippen molar-refractivity contribution in [3.63, 3.8) is 0 Å². The summed E-state index contributed by atoms with van der Waals surface area (Å²) in [6, 6.07) is 0.554. The van der Waals surface area contributed by atoms with Gasteiger partial charge >= 0.3 is 0 Å². The number of nitrogen functional groups attached to an aromatic ring is 1. The molecule has 2 rings (SSSR count). The zero-order valence-corrected chi connectivity index (χ0v) is 8.45. The quantitative estimate of drug-likeness (QED) is 0.749. The summed E-state index contributed by atoms with van der Waals surface area (Å²) in [5, 5.41) is 3.33. The van der Waals surface area contributed by atoms with Crippen molar-refractivity contribution in [2.45, 2.75) is 38.6 Å². The normalized spacial score (nSPS) is 17.2. The monoisotopic (exact) mass is 192 g/mol. The second-order valence-corrected chi connectivity index (χ2v) is 3.86. The third-order valence-electron chi connectivity index (χ3n) is 2.71. The van der Waals surface area contributed by atoms with Crippen LogP contribution in [0.1, 0.15) is 31.4 Å². The topological polar surface area (TPSA) is 63.8 Å². The molecule has 1 saturated carbocycles. The molecule has 0 saturated heterocycles. The van der Waals surface area contributed by atoms with E-state index < -0.39 is 0 Å². The van der Waals surface area contributed by atoms with Crippen LogP contribution >= 0.6 is 0 Å². The molecular weight excluding hydrogens is 176 g/mol. The number of nitrogens with two attached hydrogens (primary N) is 1. The van der Waals surface area contributed by atoms with Crippen LogP contribution < -0.4 is 11.1 Å². The van der Waals surface area contributed by atoms with Gasteiger partial charge in [-0.15, -0.1) is 0 Å². The molecule has 0 atom stereocenters. The van der Waals surface area contributed by atoms with Crippen LogP contribution in [0.15, 0.2) is 6.20 Å². The Morgan fingerprint density at radius 1 is 1.43 bits per heavy atom. The number of nitrogens with zero attached hydrogens (tertiary/aromatic N) is 2. The van der Waals surface area contributed by atoms with Gasteiger partial charge < -0.3 is 11.1 Å². The molecule has 76 valence electrons. The van der Waals surface area contributed by atoms with Crippen molar-refractivity contribution in [3.8, 4) is 0 Å². The maximum absolute atomic E-state index is 5.64. The molecule has 0 aromatic carbocycles. The number of anilines is 2. The largest absolute Gasteiger partial charge is 0.396 e. The highest BCUT2D eigenvalue weighted by molar-refractivity contribution is 5.43. The summed E-state index contributed by atoms with van der Waals surface area (Å²) in [5.41, 5.74) is 7.15. The van der Waals surface area contributed by atoms with E-state index in [1.807, 2.05) is 6.92 Å². The van der Waals surface area contributed by atoms with Crippen LogP contribution in [0, 0.1) is 6.92 Å². The van der Waals surface area contributed by atoms with Gasteiger partial charge in [-0.05, 0) is 19.8 Å². The fraction of sp³-hybridized carbons (Fsp3) is 0.600. The van der Waals surface area contributed by atoms with Crippen LogP contribution in [0.4, 0.5) is 11.6 Å². The second kappa shape index (κ2) is 3.82. The molecule has 0 amide bonds. The smallest absolute Gasteiger partial charge is 0.223 e. The van der Waals surface area contributed by atoms with Gasteiger partial charge in [-0.25, -0.2) is 9.97 Å². The Balaban J connectivity index is 2.05. The van der Waals surface area contributed by atoms with Gasteiger partial charge in [0.25, 0.3) is 0 Å². The molecule has 3 N–H and O–H groups in total. The van der Waals surface area contributed by atoms with Gasteiger partial charge in [0.15, 0.2) is 0 Å². The minimum Gasteiger partial charge on any atom is -0.396 e. The lowest BCUT2D eigenvalue weighted by atomic mass is 10.2. The lowest BCUT2D eigenvalue weighted by Crippen LogP contribution is -2.17. The molecule has 0 radical (unpaired) electrons. The summed E-state index contributed by atoms with van der Waals surface area (Å²) in [6.45, 7) is 1.90. The standard InChI is InChI=1S/C10H16N4/c1-7-9(11)6-12-10(13-7)14-8-4-2-3-5-8/h6,8H,2-5,11H2,1H3,(H,12,13,14). The minimum absolute atomic E-state index is 0.554. The lowest BCUT2D eigenvalue weighted by Gasteiger charge is -2.12. The van der Waals surface area contributed by atoms with Crippen molar-refractivity contribution in [2.75, 3.05) is 11.1 Å². The first kappa shape index (κ1) is 9.24. The third-order valence-corrected chi connectivity index (χ3v) is 2.71. The van der Waals surface area contributed by atoms with E-state index in [-0.39, 0.29) is 0 Å². The summed E-state index contributed by atoms with van der Waals surface area (Å²) in [6.07, 6.45) is 6.75. The molecule has 14 heavy (non-hydrogen) atoms. The molecule has 1 fully saturated rings. The highest BCUT2D eigenvalue weighted by atomic mass is 15.1. The summed E-state index contributed by atoms with van der Waals surface area (Å²) in [7, 11) is 0. The van der Waals surface area contributed by atoms with Crippen LogP contribution in [0.2, 0.25) is 0 Å². The van der Waals surface area contributed by atoms with Crippen LogP contribution in [0.5, 0.6) is 0 Å². The van der Waals surface area contributed by atoms with Gasteiger partial charge in [-0.1, -0.05) is 12.8 Å². The van der Waals surface area contributed by atoms with Crippen LogP contribution in [0.3, 0.4) is 0 Å². The Morgan fingerprint density at radius 3 is 2.79 bits per heavy atom. The van der Waals surface area contributed by atoms with Gasteiger partial charge in [0.05, 0.1) is 17.6 Å². The first-order chi connectivity index (χ1) is 6.75. The molecule has 1 aromatic rings. The Labute approximate surface area is 83.9 Å². The molecule has 1 heterocycles. The number of hydrogen-bond acceptors (Lipinski definition) is 4. The van der Waals surface area contributed by atoms with Crippen LogP contribution in [0.25, 0.3) is 0 Å². The molecule has 4 heteroatoms. The Bertz CT molecular complexity index is 318. The Kier molecular flexibility index (Phi) is 2.52. The van der Waals surface area contributed by atoms with Crippen molar-refractivity contribution >= 4 is 11.6 Å². The van der Waals surface area contributed by atoms with E-state index in [4.69, 9.17) is 5.73 Å². The molecule has 0 bridgehead atoms. The van der Waals surface area contributed by atoms with E-state index >= 15 is 0 Å². The fourth-order valence-electron chi connectivity index (χ4n) is 1.80. The maximum atomic E-state index is 5.64. The number of hydrogen-bond donors (Lipinski definition) is 2. The van der Waals surface area contributed by atoms with Crippen LogP contribution in [-0.4, -0.2) is 16.0 Å². The van der Waals surface area contributed by atoms with Crippen molar-refractivity contribution in [3.05, 3.63) is 11.9 Å². The summed E-state index contributed by atoms with van der Waals surface area (Å²) in [4.78, 5) is 8.44. The van der Waals surface area contributed by atoms with Crippen molar-refractivity contribution in [1.29, 1.82) is 0 Å². The highest BCUT2D eigenvalue weighted by Gasteiger charge is 2.15. The highest BCUT2D eigenvalue weighted by Crippen LogP contribution is 2.21. The zero-order chi connectivity index (χ0) is 9.97. The number of aromatic nitrogens is 2. The molecule has 0 aliphatic heterocycles. The molecule has 1 aliphatic rings. The van der Waals surface area contributed by atoms with Gasteiger partial charge in [0.2, 0.25) is 5.95 Å². The third kappa shape index (κ3) is 1.95. The van der Waals surface area contributed by atoms with E-state index in [0.29, 0.717) is 17.7 Å². The average molecular weight is 192 g/mol. The number of rotatable bonds is 2. The van der Waals surface area contributed by atoms with Gasteiger partial charge in [-0.3, -0.25) is 0 Å². The molecular formula is C10H16N4. The van der Waals surface area contributed by atoms with E-state index in [9.17, 15) is 0 Å². The first-order valence-corrected chi connectivity index (χ1v) is 5.11. The molecule has 4 nitrogen and oxygen atoms in total. The zero-order valence-electron chi connectivity index (χ0n) is 8.45. The molecule has 0 unspecified atom stereocenters. The maximum Gasteiger partial charge on any atom is 0.223 e. The van der Waals surface area contributed by atoms with E-state index in [2.05, 4.69) is 15.3 Å². The minimum atomic E-state index is 0.554. The first-order valence-electron chi connectivity index (χ1n) is 5.11. The van der Waals surface area contributed by atoms with E-state index in [0.717, 1.165) is 5.69 Å². The summed E-state index contributed by atoms with van der Waals surface area (Å²) >= 11 is 0. The molecule has 1 aromatic heterocycles. The second-order valence-electron chi connectivity index (χ2n) is 3.86. The van der Waals surface area contributed by atoms with Crippen LogP contribution in [-0.2, 0) is 0 Å². The van der Waals surface area contributed by atoms with Gasteiger partial charge in [-0.2, -0.15) is 0 Å². The number of aryl methyl sites for hydroxylation is 1. The van der Waals surface area contributed by atoms with Crippen molar-refractivity contribution in [2.24, 2.45) is 0 Å². The fourth-order valence-corrected chi connectivity index (χ4v) is 1.80. The average Bonchev–Trinajstić information content (AvgIpc) is 2.64.